The number of esters is 1. The lowest BCUT2D eigenvalue weighted by Gasteiger charge is -2.23. The Morgan fingerprint density at radius 3 is 2.86 bits per heavy atom. The number of nitrogens with one attached hydrogen (secondary N) is 2. The molecule has 2 unspecified atom stereocenters. The van der Waals surface area contributed by atoms with Crippen LogP contribution in [-0.2, 0) is 19.1 Å². The number of benzene rings is 2. The van der Waals surface area contributed by atoms with Gasteiger partial charge < -0.3 is 15.4 Å². The summed E-state index contributed by atoms with van der Waals surface area (Å²) >= 11 is 1.29. The first-order chi connectivity index (χ1) is 13.5. The van der Waals surface area contributed by atoms with Gasteiger partial charge in [0.1, 0.15) is 0 Å². The summed E-state index contributed by atoms with van der Waals surface area (Å²) in [5.41, 5.74) is 1.56. The molecule has 0 spiro atoms. The van der Waals surface area contributed by atoms with Crippen LogP contribution in [0.15, 0.2) is 53.4 Å². The summed E-state index contributed by atoms with van der Waals surface area (Å²) in [5.74, 6) is -1.43. The molecule has 7 nitrogen and oxygen atoms in total. The Morgan fingerprint density at radius 2 is 2.07 bits per heavy atom. The van der Waals surface area contributed by atoms with Gasteiger partial charge in [0.2, 0.25) is 5.91 Å². The van der Waals surface area contributed by atoms with E-state index in [0.29, 0.717) is 11.3 Å². The van der Waals surface area contributed by atoms with E-state index in [1.807, 2.05) is 24.3 Å². The van der Waals surface area contributed by atoms with Crippen molar-refractivity contribution in [2.75, 3.05) is 10.6 Å². The van der Waals surface area contributed by atoms with Crippen LogP contribution in [0.2, 0.25) is 0 Å². The van der Waals surface area contributed by atoms with E-state index in [-0.39, 0.29) is 12.3 Å². The molecule has 2 amide bonds. The molecule has 1 heterocycles. The first-order valence-electron chi connectivity index (χ1n) is 8.53. The van der Waals surface area contributed by atoms with E-state index in [4.69, 9.17) is 10.00 Å². The van der Waals surface area contributed by atoms with Gasteiger partial charge in [-0.15, -0.1) is 11.8 Å². The van der Waals surface area contributed by atoms with Crippen LogP contribution < -0.4 is 10.6 Å². The molecule has 2 atom stereocenters. The number of hydrogen-bond acceptors (Lipinski definition) is 6. The second kappa shape index (κ2) is 8.59. The summed E-state index contributed by atoms with van der Waals surface area (Å²) in [6, 6.07) is 15.7. The van der Waals surface area contributed by atoms with Gasteiger partial charge in [-0.05, 0) is 37.3 Å². The normalized spacial score (nSPS) is 16.1. The predicted molar refractivity (Wildman–Crippen MR) is 105 cm³/mol. The molecule has 28 heavy (non-hydrogen) atoms. The second-order valence-corrected chi connectivity index (χ2v) is 7.35. The van der Waals surface area contributed by atoms with E-state index >= 15 is 0 Å². The molecule has 0 fully saturated rings. The Bertz CT molecular complexity index is 970. The van der Waals surface area contributed by atoms with Crippen molar-refractivity contribution in [3.05, 3.63) is 54.1 Å². The maximum atomic E-state index is 12.2. The fourth-order valence-electron chi connectivity index (χ4n) is 2.59. The monoisotopic (exact) mass is 395 g/mol. The number of rotatable bonds is 5. The molecule has 3 rings (SSSR count). The Kier molecular flexibility index (Phi) is 5.96. The van der Waals surface area contributed by atoms with Crippen LogP contribution in [0.5, 0.6) is 0 Å². The number of anilines is 2. The van der Waals surface area contributed by atoms with Gasteiger partial charge in [-0.1, -0.05) is 18.2 Å². The van der Waals surface area contributed by atoms with Crippen molar-refractivity contribution < 1.29 is 19.1 Å². The maximum Gasteiger partial charge on any atom is 0.308 e. The standard InChI is InChI=1S/C20H17N3O4S/c1-12(19(25)22-14-6-4-5-13(9-14)11-21)27-18(24)10-17-20(26)23-15-7-2-3-8-16(15)28-17/h2-9,12,17H,10H2,1H3,(H,22,25)(H,23,26). The van der Waals surface area contributed by atoms with E-state index in [9.17, 15) is 14.4 Å². The molecular weight excluding hydrogens is 378 g/mol. The van der Waals surface area contributed by atoms with Crippen LogP contribution in [0.1, 0.15) is 18.9 Å². The number of carbonyl (C=O) groups excluding carboxylic acids is 3. The quantitative estimate of drug-likeness (QED) is 0.754. The smallest absolute Gasteiger partial charge is 0.308 e. The molecule has 8 heteroatoms. The SMILES string of the molecule is CC(OC(=O)CC1Sc2ccccc2NC1=O)C(=O)Nc1cccc(C#N)c1. The zero-order chi connectivity index (χ0) is 20.1. The fourth-order valence-corrected chi connectivity index (χ4v) is 3.68. The number of nitriles is 1. The number of thioether (sulfide) groups is 1. The molecular formula is C20H17N3O4S. The molecule has 2 N–H and O–H groups in total. The van der Waals surface area contributed by atoms with Crippen LogP contribution in [-0.4, -0.2) is 29.1 Å². The minimum atomic E-state index is -1.04. The summed E-state index contributed by atoms with van der Waals surface area (Å²) in [6.45, 7) is 1.45. The van der Waals surface area contributed by atoms with Crippen molar-refractivity contribution in [1.82, 2.24) is 0 Å². The van der Waals surface area contributed by atoms with E-state index in [2.05, 4.69) is 10.6 Å². The summed E-state index contributed by atoms with van der Waals surface area (Å²) in [5, 5.41) is 13.6. The van der Waals surface area contributed by atoms with Crippen LogP contribution in [0.25, 0.3) is 0 Å². The summed E-state index contributed by atoms with van der Waals surface area (Å²) in [6.07, 6.45) is -1.19. The lowest BCUT2D eigenvalue weighted by Crippen LogP contribution is -2.34. The number of hydrogen-bond donors (Lipinski definition) is 2. The number of carbonyl (C=O) groups is 3. The third-order valence-electron chi connectivity index (χ3n) is 4.00. The van der Waals surface area contributed by atoms with E-state index in [0.717, 1.165) is 10.6 Å². The van der Waals surface area contributed by atoms with Gasteiger partial charge in [-0.2, -0.15) is 5.26 Å². The first kappa shape index (κ1) is 19.5. The molecule has 0 saturated carbocycles. The Hall–Kier alpha value is -3.31. The number of ether oxygens (including phenoxy) is 1. The molecule has 0 saturated heterocycles. The summed E-state index contributed by atoms with van der Waals surface area (Å²) in [7, 11) is 0. The second-order valence-electron chi connectivity index (χ2n) is 6.11. The topological polar surface area (TPSA) is 108 Å². The first-order valence-corrected chi connectivity index (χ1v) is 9.41. The highest BCUT2D eigenvalue weighted by atomic mass is 32.2. The Labute approximate surface area is 166 Å². The van der Waals surface area contributed by atoms with Crippen LogP contribution in [0, 0.1) is 11.3 Å². The van der Waals surface area contributed by atoms with Crippen LogP contribution in [0.4, 0.5) is 11.4 Å². The zero-order valence-electron chi connectivity index (χ0n) is 15.0. The maximum absolute atomic E-state index is 12.2. The van der Waals surface area contributed by atoms with Crippen molar-refractivity contribution in [3.63, 3.8) is 0 Å². The van der Waals surface area contributed by atoms with Gasteiger partial charge in [0, 0.05) is 10.6 Å². The van der Waals surface area contributed by atoms with Gasteiger partial charge in [-0.3, -0.25) is 14.4 Å². The Balaban J connectivity index is 1.55. The molecule has 2 aromatic rings. The third kappa shape index (κ3) is 4.69. The van der Waals surface area contributed by atoms with Crippen molar-refractivity contribution in [2.45, 2.75) is 29.6 Å². The largest absolute Gasteiger partial charge is 0.452 e. The Morgan fingerprint density at radius 1 is 1.29 bits per heavy atom. The fraction of sp³-hybridized carbons (Fsp3) is 0.200. The zero-order valence-corrected chi connectivity index (χ0v) is 15.8. The molecule has 1 aliphatic heterocycles. The van der Waals surface area contributed by atoms with Crippen molar-refractivity contribution in [2.24, 2.45) is 0 Å². The summed E-state index contributed by atoms with van der Waals surface area (Å²) in [4.78, 5) is 37.5. The molecule has 142 valence electrons. The van der Waals surface area contributed by atoms with Crippen LogP contribution >= 0.6 is 11.8 Å². The summed E-state index contributed by atoms with van der Waals surface area (Å²) < 4.78 is 5.17. The number of amides is 2. The van der Waals surface area contributed by atoms with Crippen molar-refractivity contribution in [1.29, 1.82) is 5.26 Å². The van der Waals surface area contributed by atoms with Gasteiger partial charge in [0.05, 0.1) is 29.0 Å². The highest BCUT2D eigenvalue weighted by molar-refractivity contribution is 8.01. The number of para-hydroxylation sites is 1. The molecule has 1 aliphatic rings. The van der Waals surface area contributed by atoms with Gasteiger partial charge >= 0.3 is 5.97 Å². The van der Waals surface area contributed by atoms with E-state index < -0.39 is 23.2 Å². The van der Waals surface area contributed by atoms with Gasteiger partial charge in [0.15, 0.2) is 6.10 Å². The molecule has 0 bridgehead atoms. The third-order valence-corrected chi connectivity index (χ3v) is 5.27. The molecule has 2 aromatic carbocycles. The molecule has 0 aliphatic carbocycles. The predicted octanol–water partition coefficient (Wildman–Crippen LogP) is 2.93. The van der Waals surface area contributed by atoms with E-state index in [1.165, 1.54) is 24.8 Å². The minimum Gasteiger partial charge on any atom is -0.452 e. The van der Waals surface area contributed by atoms with Gasteiger partial charge in [0.25, 0.3) is 5.91 Å². The van der Waals surface area contributed by atoms with Crippen molar-refractivity contribution in [3.8, 4) is 6.07 Å². The highest BCUT2D eigenvalue weighted by Crippen LogP contribution is 2.36. The number of fused-ring (bicyclic) bond motifs is 1. The lowest BCUT2D eigenvalue weighted by molar-refractivity contribution is -0.153. The average molecular weight is 395 g/mol. The van der Waals surface area contributed by atoms with E-state index in [1.54, 1.807) is 24.3 Å². The minimum absolute atomic E-state index is 0.146. The average Bonchev–Trinajstić information content (AvgIpc) is 2.68. The van der Waals surface area contributed by atoms with Gasteiger partial charge in [-0.25, -0.2) is 0 Å². The lowest BCUT2D eigenvalue weighted by atomic mass is 10.2. The van der Waals surface area contributed by atoms with Crippen molar-refractivity contribution >= 4 is 40.9 Å². The van der Waals surface area contributed by atoms with Crippen LogP contribution in [0.3, 0.4) is 0 Å². The molecule has 0 aromatic heterocycles. The highest BCUT2D eigenvalue weighted by Gasteiger charge is 2.30. The number of nitrogens with zero attached hydrogens (tertiary/aromatic N) is 1. The molecule has 0 radical (unpaired) electrons.